The number of hydrogen-bond acceptors (Lipinski definition) is 3. The molecule has 1 heterocycles. The fourth-order valence-electron chi connectivity index (χ4n) is 3.37. The Labute approximate surface area is 155 Å². The van der Waals surface area contributed by atoms with Crippen molar-refractivity contribution in [1.29, 1.82) is 0 Å². The molecule has 2 atom stereocenters. The number of nitrogens with one attached hydrogen (secondary N) is 1. The molecule has 26 heavy (non-hydrogen) atoms. The average Bonchev–Trinajstić information content (AvgIpc) is 2.58. The Morgan fingerprint density at radius 2 is 2.04 bits per heavy atom. The number of carbonyl (C=O) groups excluding carboxylic acids is 1. The van der Waals surface area contributed by atoms with Gasteiger partial charge in [-0.3, -0.25) is 4.79 Å². The van der Waals surface area contributed by atoms with Gasteiger partial charge in [0, 0.05) is 12.0 Å². The minimum absolute atomic E-state index is 0.0855. The molecule has 0 unspecified atom stereocenters. The second kappa shape index (κ2) is 7.40. The van der Waals surface area contributed by atoms with E-state index in [0.29, 0.717) is 6.42 Å². The van der Waals surface area contributed by atoms with Crippen molar-refractivity contribution in [3.8, 4) is 11.5 Å². The molecule has 2 aromatic rings. The maximum atomic E-state index is 12.9. The Morgan fingerprint density at radius 3 is 2.77 bits per heavy atom. The minimum Gasteiger partial charge on any atom is -0.487 e. The number of fused-ring (bicyclic) bond motifs is 1. The molecule has 4 nitrogen and oxygen atoms in total. The molecule has 3 rings (SSSR count). The Balaban J connectivity index is 1.75. The lowest BCUT2D eigenvalue weighted by Crippen LogP contribution is -2.45. The summed E-state index contributed by atoms with van der Waals surface area (Å²) in [4.78, 5) is 12.9. The lowest BCUT2D eigenvalue weighted by atomic mass is 9.89. The van der Waals surface area contributed by atoms with Crippen LogP contribution in [0.4, 0.5) is 0 Å². The zero-order valence-electron chi connectivity index (χ0n) is 15.9. The van der Waals surface area contributed by atoms with Gasteiger partial charge < -0.3 is 14.8 Å². The van der Waals surface area contributed by atoms with E-state index in [0.717, 1.165) is 29.0 Å². The van der Waals surface area contributed by atoms with Gasteiger partial charge in [-0.05, 0) is 51.0 Å². The van der Waals surface area contributed by atoms with Crippen molar-refractivity contribution >= 4 is 5.91 Å². The number of benzene rings is 2. The molecule has 4 heteroatoms. The number of rotatable bonds is 5. The van der Waals surface area contributed by atoms with E-state index in [9.17, 15) is 4.79 Å². The Hall–Kier alpha value is -2.49. The third kappa shape index (κ3) is 4.18. The summed E-state index contributed by atoms with van der Waals surface area (Å²) in [6, 6.07) is 15.6. The van der Waals surface area contributed by atoms with Crippen LogP contribution in [0.1, 0.15) is 50.8 Å². The van der Waals surface area contributed by atoms with Crippen LogP contribution in [-0.2, 0) is 4.79 Å². The molecule has 0 aliphatic carbocycles. The summed E-state index contributed by atoms with van der Waals surface area (Å²) in [5, 5.41) is 3.17. The number of aryl methyl sites for hydroxylation is 1. The lowest BCUT2D eigenvalue weighted by Gasteiger charge is -2.38. The lowest BCUT2D eigenvalue weighted by molar-refractivity contribution is -0.129. The summed E-state index contributed by atoms with van der Waals surface area (Å²) in [7, 11) is 0. The van der Waals surface area contributed by atoms with Crippen molar-refractivity contribution in [2.75, 3.05) is 0 Å². The number of amides is 1. The van der Waals surface area contributed by atoms with E-state index < -0.39 is 6.10 Å². The van der Waals surface area contributed by atoms with Crippen LogP contribution >= 0.6 is 0 Å². The average molecular weight is 353 g/mol. The van der Waals surface area contributed by atoms with Gasteiger partial charge in [0.2, 0.25) is 0 Å². The van der Waals surface area contributed by atoms with Crippen molar-refractivity contribution in [1.82, 2.24) is 5.32 Å². The smallest absolute Gasteiger partial charge is 0.261 e. The van der Waals surface area contributed by atoms with E-state index in [1.165, 1.54) is 0 Å². The van der Waals surface area contributed by atoms with Crippen LogP contribution in [-0.4, -0.2) is 17.6 Å². The molecule has 1 aliphatic heterocycles. The summed E-state index contributed by atoms with van der Waals surface area (Å²) >= 11 is 0. The molecule has 0 saturated heterocycles. The van der Waals surface area contributed by atoms with E-state index in [4.69, 9.17) is 9.47 Å². The highest BCUT2D eigenvalue weighted by atomic mass is 16.5. The molecule has 0 aromatic heterocycles. The summed E-state index contributed by atoms with van der Waals surface area (Å²) < 4.78 is 12.0. The molecule has 0 saturated carbocycles. The monoisotopic (exact) mass is 353 g/mol. The first-order valence-corrected chi connectivity index (χ1v) is 9.19. The zero-order chi connectivity index (χ0) is 18.7. The molecule has 138 valence electrons. The van der Waals surface area contributed by atoms with Gasteiger partial charge in [0.05, 0.1) is 6.04 Å². The molecular weight excluding hydrogens is 326 g/mol. The predicted molar refractivity (Wildman–Crippen MR) is 103 cm³/mol. The van der Waals surface area contributed by atoms with E-state index in [-0.39, 0.29) is 17.6 Å². The maximum absolute atomic E-state index is 12.9. The molecule has 1 amide bonds. The van der Waals surface area contributed by atoms with E-state index in [1.807, 2.05) is 76.2 Å². The van der Waals surface area contributed by atoms with Crippen molar-refractivity contribution < 1.29 is 14.3 Å². The molecule has 0 bridgehead atoms. The molecule has 1 aliphatic rings. The van der Waals surface area contributed by atoms with Crippen molar-refractivity contribution in [2.24, 2.45) is 0 Å². The quantitative estimate of drug-likeness (QED) is 0.856. The highest BCUT2D eigenvalue weighted by Gasteiger charge is 2.35. The van der Waals surface area contributed by atoms with Gasteiger partial charge in [0.15, 0.2) is 6.10 Å². The minimum atomic E-state index is -0.519. The third-order valence-electron chi connectivity index (χ3n) is 4.62. The van der Waals surface area contributed by atoms with Gasteiger partial charge in [-0.15, -0.1) is 0 Å². The van der Waals surface area contributed by atoms with Crippen LogP contribution in [0.3, 0.4) is 0 Å². The van der Waals surface area contributed by atoms with Crippen molar-refractivity contribution in [3.63, 3.8) is 0 Å². The Morgan fingerprint density at radius 1 is 1.27 bits per heavy atom. The number of para-hydroxylation sites is 1. The highest BCUT2D eigenvalue weighted by molar-refractivity contribution is 5.81. The second-order valence-electron chi connectivity index (χ2n) is 7.50. The van der Waals surface area contributed by atoms with Crippen LogP contribution < -0.4 is 14.8 Å². The fraction of sp³-hybridized carbons (Fsp3) is 0.409. The zero-order valence-corrected chi connectivity index (χ0v) is 15.9. The highest BCUT2D eigenvalue weighted by Crippen LogP contribution is 2.39. The maximum Gasteiger partial charge on any atom is 0.261 e. The summed E-state index contributed by atoms with van der Waals surface area (Å²) in [5.74, 6) is 1.47. The molecular formula is C22H27NO3. The molecule has 0 fully saturated rings. The van der Waals surface area contributed by atoms with Gasteiger partial charge in [0.1, 0.15) is 17.1 Å². The van der Waals surface area contributed by atoms with Gasteiger partial charge in [-0.25, -0.2) is 0 Å². The van der Waals surface area contributed by atoms with Gasteiger partial charge in [-0.1, -0.05) is 37.3 Å². The molecule has 0 radical (unpaired) electrons. The van der Waals surface area contributed by atoms with Crippen LogP contribution in [0, 0.1) is 6.92 Å². The van der Waals surface area contributed by atoms with Gasteiger partial charge in [-0.2, -0.15) is 0 Å². The van der Waals surface area contributed by atoms with Crippen LogP contribution in [0.2, 0.25) is 0 Å². The van der Waals surface area contributed by atoms with Gasteiger partial charge in [0.25, 0.3) is 5.91 Å². The summed E-state index contributed by atoms with van der Waals surface area (Å²) in [5.41, 5.74) is 1.80. The standard InChI is InChI=1S/C22H27NO3/c1-5-19(25-16-10-8-9-15(2)13-16)21(24)23-18-14-22(3,4)26-20-12-7-6-11-17(18)20/h6-13,18-19H,5,14H2,1-4H3,(H,23,24)/t18-,19-/m1/s1. The van der Waals surface area contributed by atoms with E-state index in [1.54, 1.807) is 0 Å². The van der Waals surface area contributed by atoms with Crippen LogP contribution in [0.15, 0.2) is 48.5 Å². The topological polar surface area (TPSA) is 47.6 Å². The number of hydrogen-bond donors (Lipinski definition) is 1. The number of ether oxygens (including phenoxy) is 2. The van der Waals surface area contributed by atoms with Crippen LogP contribution in [0.25, 0.3) is 0 Å². The first-order valence-electron chi connectivity index (χ1n) is 9.19. The predicted octanol–water partition coefficient (Wildman–Crippen LogP) is 4.57. The normalized spacial score (nSPS) is 19.0. The Kier molecular flexibility index (Phi) is 5.21. The first-order chi connectivity index (χ1) is 12.4. The fourth-order valence-corrected chi connectivity index (χ4v) is 3.37. The van der Waals surface area contributed by atoms with Crippen molar-refractivity contribution in [2.45, 2.75) is 58.3 Å². The largest absolute Gasteiger partial charge is 0.487 e. The second-order valence-corrected chi connectivity index (χ2v) is 7.50. The van der Waals surface area contributed by atoms with Gasteiger partial charge >= 0.3 is 0 Å². The van der Waals surface area contributed by atoms with E-state index >= 15 is 0 Å². The molecule has 1 N–H and O–H groups in total. The molecule has 2 aromatic carbocycles. The third-order valence-corrected chi connectivity index (χ3v) is 4.62. The summed E-state index contributed by atoms with van der Waals surface area (Å²) in [6.07, 6.45) is 0.805. The molecule has 0 spiro atoms. The summed E-state index contributed by atoms with van der Waals surface area (Å²) in [6.45, 7) is 8.06. The van der Waals surface area contributed by atoms with Crippen molar-refractivity contribution in [3.05, 3.63) is 59.7 Å². The van der Waals surface area contributed by atoms with Crippen LogP contribution in [0.5, 0.6) is 11.5 Å². The van der Waals surface area contributed by atoms with E-state index in [2.05, 4.69) is 5.32 Å². The number of carbonyl (C=O) groups is 1. The Bertz CT molecular complexity index is 784. The SMILES string of the molecule is CC[C@@H](Oc1cccc(C)c1)C(=O)N[C@@H]1CC(C)(C)Oc2ccccc21. The first kappa shape index (κ1) is 18.3.